The lowest BCUT2D eigenvalue weighted by Gasteiger charge is -2.48. The van der Waals surface area contributed by atoms with Crippen molar-refractivity contribution in [1.29, 1.82) is 0 Å². The standard InChI is InChI=1S/C39H42O3/c40-37(38(33-17-9-3-10-18-33)25-21-35(22-26-38)41-29-31-13-5-1-6-14-31)39(34-19-11-4-12-20-34)27-23-36(24-28-39)42-30-32-15-7-2-8-16-32/h1-20,35-36H,21-30H2. The van der Waals surface area contributed by atoms with Gasteiger partial charge in [0.15, 0.2) is 5.78 Å². The molecule has 0 aliphatic heterocycles. The first-order valence-electron chi connectivity index (χ1n) is 15.6. The number of ketones is 1. The normalized spacial score (nSPS) is 26.0. The van der Waals surface area contributed by atoms with Crippen molar-refractivity contribution in [3.05, 3.63) is 144 Å². The molecule has 0 heterocycles. The van der Waals surface area contributed by atoms with Crippen molar-refractivity contribution < 1.29 is 14.3 Å². The summed E-state index contributed by atoms with van der Waals surface area (Å²) in [6, 6.07) is 41.9. The van der Waals surface area contributed by atoms with E-state index in [0.717, 1.165) is 62.5 Å². The van der Waals surface area contributed by atoms with Gasteiger partial charge in [-0.15, -0.1) is 0 Å². The van der Waals surface area contributed by atoms with Gasteiger partial charge in [-0.2, -0.15) is 0 Å². The fourth-order valence-corrected chi connectivity index (χ4v) is 7.34. The minimum Gasteiger partial charge on any atom is -0.374 e. The van der Waals surface area contributed by atoms with Gasteiger partial charge in [0.25, 0.3) is 0 Å². The average molecular weight is 559 g/mol. The van der Waals surface area contributed by atoms with Crippen LogP contribution in [0, 0.1) is 0 Å². The van der Waals surface area contributed by atoms with E-state index in [1.165, 1.54) is 11.1 Å². The van der Waals surface area contributed by atoms with Crippen molar-refractivity contribution in [3.63, 3.8) is 0 Å². The molecule has 2 saturated carbocycles. The zero-order chi connectivity index (χ0) is 28.7. The monoisotopic (exact) mass is 558 g/mol. The largest absolute Gasteiger partial charge is 0.374 e. The van der Waals surface area contributed by atoms with Crippen LogP contribution in [0.4, 0.5) is 0 Å². The summed E-state index contributed by atoms with van der Waals surface area (Å²) < 4.78 is 12.8. The molecule has 6 rings (SSSR count). The Morgan fingerprint density at radius 3 is 1.14 bits per heavy atom. The molecular formula is C39H42O3. The third-order valence-electron chi connectivity index (χ3n) is 9.75. The van der Waals surface area contributed by atoms with Gasteiger partial charge < -0.3 is 9.47 Å². The Morgan fingerprint density at radius 1 is 0.500 bits per heavy atom. The molecule has 0 saturated heterocycles. The number of Topliss-reactive ketones (excluding diaryl/α,β-unsaturated/α-hetero) is 1. The van der Waals surface area contributed by atoms with Gasteiger partial charge in [0.05, 0.1) is 36.3 Å². The Balaban J connectivity index is 1.23. The lowest BCUT2D eigenvalue weighted by atomic mass is 9.55. The summed E-state index contributed by atoms with van der Waals surface area (Å²) in [4.78, 5) is 15.3. The number of rotatable bonds is 10. The van der Waals surface area contributed by atoms with E-state index < -0.39 is 10.8 Å². The van der Waals surface area contributed by atoms with Crippen LogP contribution in [0.25, 0.3) is 0 Å². The predicted octanol–water partition coefficient (Wildman–Crippen LogP) is 8.75. The topological polar surface area (TPSA) is 35.5 Å². The van der Waals surface area contributed by atoms with Gasteiger partial charge in [-0.1, -0.05) is 121 Å². The number of hydrogen-bond donors (Lipinski definition) is 0. The Bertz CT molecular complexity index is 1280. The van der Waals surface area contributed by atoms with Gasteiger partial charge in [0.2, 0.25) is 0 Å². The molecule has 0 atom stereocenters. The molecule has 3 nitrogen and oxygen atoms in total. The van der Waals surface area contributed by atoms with Crippen molar-refractivity contribution in [2.45, 2.75) is 87.6 Å². The Labute approximate surface area is 250 Å². The number of hydrogen-bond acceptors (Lipinski definition) is 3. The molecule has 0 aromatic heterocycles. The smallest absolute Gasteiger partial charge is 0.153 e. The molecule has 2 aliphatic rings. The summed E-state index contributed by atoms with van der Waals surface area (Å²) in [5.41, 5.74) is 3.69. The van der Waals surface area contributed by atoms with Crippen molar-refractivity contribution in [2.75, 3.05) is 0 Å². The summed E-state index contributed by atoms with van der Waals surface area (Å²) >= 11 is 0. The molecule has 2 aliphatic carbocycles. The average Bonchev–Trinajstić information content (AvgIpc) is 3.08. The predicted molar refractivity (Wildman–Crippen MR) is 168 cm³/mol. The van der Waals surface area contributed by atoms with E-state index in [0.29, 0.717) is 19.0 Å². The lowest BCUT2D eigenvalue weighted by Crippen LogP contribution is -2.53. The second kappa shape index (κ2) is 13.2. The van der Waals surface area contributed by atoms with E-state index >= 15 is 4.79 Å². The van der Waals surface area contributed by atoms with Crippen LogP contribution in [-0.2, 0) is 38.3 Å². The summed E-state index contributed by atoms with van der Waals surface area (Å²) in [6.07, 6.45) is 7.17. The van der Waals surface area contributed by atoms with Crippen LogP contribution < -0.4 is 0 Å². The zero-order valence-corrected chi connectivity index (χ0v) is 24.5. The molecular weight excluding hydrogens is 516 g/mol. The quantitative estimate of drug-likeness (QED) is 0.195. The fraction of sp³-hybridized carbons (Fsp3) is 0.359. The van der Waals surface area contributed by atoms with Gasteiger partial charge in [-0.3, -0.25) is 4.79 Å². The molecule has 216 valence electrons. The highest BCUT2D eigenvalue weighted by Gasteiger charge is 2.54. The van der Waals surface area contributed by atoms with Crippen LogP contribution in [0.5, 0.6) is 0 Å². The fourth-order valence-electron chi connectivity index (χ4n) is 7.34. The molecule has 2 fully saturated rings. The first-order chi connectivity index (χ1) is 20.7. The van der Waals surface area contributed by atoms with E-state index in [2.05, 4.69) is 109 Å². The number of benzene rings is 4. The van der Waals surface area contributed by atoms with Crippen molar-refractivity contribution in [3.8, 4) is 0 Å². The van der Waals surface area contributed by atoms with E-state index in [4.69, 9.17) is 9.47 Å². The van der Waals surface area contributed by atoms with E-state index in [-0.39, 0.29) is 12.2 Å². The maximum atomic E-state index is 15.3. The minimum atomic E-state index is -0.512. The highest BCUT2D eigenvalue weighted by atomic mass is 16.5. The van der Waals surface area contributed by atoms with Crippen LogP contribution in [0.2, 0.25) is 0 Å². The first kappa shape index (κ1) is 28.6. The molecule has 0 spiro atoms. The van der Waals surface area contributed by atoms with Crippen LogP contribution >= 0.6 is 0 Å². The van der Waals surface area contributed by atoms with E-state index in [1.807, 2.05) is 12.1 Å². The second-order valence-corrected chi connectivity index (χ2v) is 12.2. The number of carbonyl (C=O) groups is 1. The van der Waals surface area contributed by atoms with Gasteiger partial charge in [0, 0.05) is 0 Å². The minimum absolute atomic E-state index is 0.171. The molecule has 0 unspecified atom stereocenters. The van der Waals surface area contributed by atoms with Crippen LogP contribution in [0.3, 0.4) is 0 Å². The molecule has 0 bridgehead atoms. The van der Waals surface area contributed by atoms with Gasteiger partial charge in [-0.25, -0.2) is 0 Å². The first-order valence-corrected chi connectivity index (χ1v) is 15.6. The summed E-state index contributed by atoms with van der Waals surface area (Å²) in [5.74, 6) is 0.399. The molecule has 0 radical (unpaired) electrons. The Kier molecular flexibility index (Phi) is 8.98. The van der Waals surface area contributed by atoms with Crippen molar-refractivity contribution >= 4 is 5.78 Å². The van der Waals surface area contributed by atoms with E-state index in [9.17, 15) is 0 Å². The van der Waals surface area contributed by atoms with Crippen LogP contribution in [-0.4, -0.2) is 18.0 Å². The molecule has 0 amide bonds. The Hall–Kier alpha value is -3.53. The van der Waals surface area contributed by atoms with E-state index in [1.54, 1.807) is 0 Å². The van der Waals surface area contributed by atoms with Gasteiger partial charge in [0.1, 0.15) is 0 Å². The number of ether oxygens (including phenoxy) is 2. The molecule has 0 N–H and O–H groups in total. The molecule has 4 aromatic rings. The lowest BCUT2D eigenvalue weighted by molar-refractivity contribution is -0.136. The zero-order valence-electron chi connectivity index (χ0n) is 24.5. The molecule has 3 heteroatoms. The summed E-state index contributed by atoms with van der Waals surface area (Å²) in [7, 11) is 0. The molecule has 42 heavy (non-hydrogen) atoms. The maximum absolute atomic E-state index is 15.3. The van der Waals surface area contributed by atoms with Crippen molar-refractivity contribution in [2.24, 2.45) is 0 Å². The van der Waals surface area contributed by atoms with Crippen LogP contribution in [0.15, 0.2) is 121 Å². The highest BCUT2D eigenvalue weighted by molar-refractivity contribution is 5.99. The van der Waals surface area contributed by atoms with Gasteiger partial charge in [-0.05, 0) is 73.6 Å². The maximum Gasteiger partial charge on any atom is 0.153 e. The number of carbonyl (C=O) groups excluding carboxylic acids is 1. The van der Waals surface area contributed by atoms with Gasteiger partial charge >= 0.3 is 0 Å². The summed E-state index contributed by atoms with van der Waals surface area (Å²) in [5, 5.41) is 0. The Morgan fingerprint density at radius 2 is 0.810 bits per heavy atom. The third kappa shape index (κ3) is 6.14. The van der Waals surface area contributed by atoms with Crippen LogP contribution in [0.1, 0.15) is 73.6 Å². The third-order valence-corrected chi connectivity index (χ3v) is 9.75. The second-order valence-electron chi connectivity index (χ2n) is 12.2. The SMILES string of the molecule is O=C(C1(c2ccccc2)CCC(OCc2ccccc2)CC1)C1(c2ccccc2)CCC(OCc2ccccc2)CC1. The van der Waals surface area contributed by atoms with Crippen molar-refractivity contribution in [1.82, 2.24) is 0 Å². The highest BCUT2D eigenvalue weighted by Crippen LogP contribution is 2.51. The molecule has 4 aromatic carbocycles. The summed E-state index contributed by atoms with van der Waals surface area (Å²) in [6.45, 7) is 1.24.